The van der Waals surface area contributed by atoms with Crippen LogP contribution in [0.3, 0.4) is 0 Å². The molecule has 0 aromatic carbocycles. The van der Waals surface area contributed by atoms with Crippen LogP contribution in [0.4, 0.5) is 0 Å². The van der Waals surface area contributed by atoms with Gasteiger partial charge in [0.2, 0.25) is 5.78 Å². The lowest BCUT2D eigenvalue weighted by molar-refractivity contribution is -0.111. The summed E-state index contributed by atoms with van der Waals surface area (Å²) in [6, 6.07) is 0. The fourth-order valence-corrected chi connectivity index (χ4v) is 1.02. The Morgan fingerprint density at radius 2 is 2.50 bits per heavy atom. The topological polar surface area (TPSA) is 32.7 Å². The Balaban J connectivity index is 2.40. The minimum Gasteiger partial charge on any atom is -0.338 e. The Morgan fingerprint density at radius 3 is 3.30 bits per heavy atom. The number of carbonyl (C=O) groups is 1. The first-order chi connectivity index (χ1) is 4.88. The summed E-state index contributed by atoms with van der Waals surface area (Å²) in [5.74, 6) is 0.0526. The maximum atomic E-state index is 10.9. The van der Waals surface area contributed by atoms with Crippen molar-refractivity contribution in [2.45, 2.75) is 0 Å². The van der Waals surface area contributed by atoms with Crippen LogP contribution < -0.4 is 0 Å². The second kappa shape index (κ2) is 1.80. The monoisotopic (exact) mass is 134 g/mol. The number of nitrogens with zero attached hydrogens (tertiary/aromatic N) is 2. The summed E-state index contributed by atoms with van der Waals surface area (Å²) in [7, 11) is 0. The molecule has 2 heterocycles. The Labute approximate surface area is 58.4 Å². The van der Waals surface area contributed by atoms with E-state index in [4.69, 9.17) is 0 Å². The summed E-state index contributed by atoms with van der Waals surface area (Å²) < 4.78 is 0. The summed E-state index contributed by atoms with van der Waals surface area (Å²) >= 11 is 0. The molecule has 10 heavy (non-hydrogen) atoms. The molecule has 0 atom stereocenters. The summed E-state index contributed by atoms with van der Waals surface area (Å²) in [6.07, 6.45) is 6.69. The molecule has 0 aromatic heterocycles. The molecule has 0 saturated carbocycles. The number of hydrogen-bond acceptors (Lipinski definition) is 3. The zero-order valence-corrected chi connectivity index (χ0v) is 5.32. The van der Waals surface area contributed by atoms with Crippen LogP contribution in [0.15, 0.2) is 29.2 Å². The smallest absolute Gasteiger partial charge is 0.205 e. The average Bonchev–Trinajstić information content (AvgIpc) is 2.34. The number of fused-ring (bicyclic) bond motifs is 1. The molecule has 0 aliphatic carbocycles. The van der Waals surface area contributed by atoms with Gasteiger partial charge in [0.1, 0.15) is 5.70 Å². The van der Waals surface area contributed by atoms with Crippen molar-refractivity contribution in [3.63, 3.8) is 0 Å². The minimum absolute atomic E-state index is 0.0526. The standard InChI is InChI=1S/C7H6N2O/c10-7-1-3-9-4-2-8-5-6(7)9/h1-3,5H,4H2. The average molecular weight is 134 g/mol. The zero-order chi connectivity index (χ0) is 6.97. The van der Waals surface area contributed by atoms with Crippen molar-refractivity contribution in [1.29, 1.82) is 0 Å². The zero-order valence-electron chi connectivity index (χ0n) is 5.32. The molecule has 0 aromatic rings. The Hall–Kier alpha value is -1.38. The van der Waals surface area contributed by atoms with E-state index in [1.807, 2.05) is 4.90 Å². The molecule has 0 bridgehead atoms. The summed E-state index contributed by atoms with van der Waals surface area (Å²) in [6.45, 7) is 0.716. The van der Waals surface area contributed by atoms with E-state index in [0.29, 0.717) is 12.2 Å². The van der Waals surface area contributed by atoms with Gasteiger partial charge < -0.3 is 4.90 Å². The third-order valence-corrected chi connectivity index (χ3v) is 1.55. The number of rotatable bonds is 0. The quantitative estimate of drug-likeness (QED) is 0.477. The maximum Gasteiger partial charge on any atom is 0.205 e. The molecule has 0 saturated heterocycles. The molecule has 2 aliphatic heterocycles. The Morgan fingerprint density at radius 1 is 1.60 bits per heavy atom. The summed E-state index contributed by atoms with van der Waals surface area (Å²) in [5.41, 5.74) is 0.683. The maximum absolute atomic E-state index is 10.9. The third kappa shape index (κ3) is 0.603. The van der Waals surface area contributed by atoms with Crippen molar-refractivity contribution in [3.05, 3.63) is 24.2 Å². The van der Waals surface area contributed by atoms with E-state index in [1.165, 1.54) is 0 Å². The van der Waals surface area contributed by atoms with Gasteiger partial charge in [0.05, 0.1) is 12.7 Å². The SMILES string of the molecule is O=C1C=CN2CC=NC=C12. The Kier molecular flexibility index (Phi) is 0.974. The van der Waals surface area contributed by atoms with E-state index >= 15 is 0 Å². The molecule has 0 fully saturated rings. The third-order valence-electron chi connectivity index (χ3n) is 1.55. The van der Waals surface area contributed by atoms with Gasteiger partial charge in [-0.15, -0.1) is 0 Å². The van der Waals surface area contributed by atoms with Crippen LogP contribution in [0.5, 0.6) is 0 Å². The summed E-state index contributed by atoms with van der Waals surface area (Å²) in [4.78, 5) is 16.7. The van der Waals surface area contributed by atoms with Crippen LogP contribution in [-0.4, -0.2) is 23.4 Å². The molecule has 0 N–H and O–H groups in total. The molecule has 0 amide bonds. The van der Waals surface area contributed by atoms with Gasteiger partial charge in [-0.2, -0.15) is 0 Å². The van der Waals surface area contributed by atoms with Gasteiger partial charge in [-0.25, -0.2) is 0 Å². The number of carbonyl (C=O) groups excluding carboxylic acids is 1. The van der Waals surface area contributed by atoms with E-state index in [2.05, 4.69) is 4.99 Å². The van der Waals surface area contributed by atoms with Crippen LogP contribution in [0.1, 0.15) is 0 Å². The molecular weight excluding hydrogens is 128 g/mol. The Bertz CT molecular complexity index is 263. The van der Waals surface area contributed by atoms with Gasteiger partial charge in [0.15, 0.2) is 0 Å². The lowest BCUT2D eigenvalue weighted by atomic mass is 10.3. The van der Waals surface area contributed by atoms with Gasteiger partial charge in [0.25, 0.3) is 0 Å². The number of allylic oxidation sites excluding steroid dienone is 1. The minimum atomic E-state index is 0.0526. The van der Waals surface area contributed by atoms with Crippen molar-refractivity contribution < 1.29 is 4.79 Å². The molecule has 0 unspecified atom stereocenters. The second-order valence-corrected chi connectivity index (χ2v) is 2.18. The van der Waals surface area contributed by atoms with Gasteiger partial charge in [-0.1, -0.05) is 0 Å². The largest absolute Gasteiger partial charge is 0.338 e. The van der Waals surface area contributed by atoms with Crippen LogP contribution in [-0.2, 0) is 4.79 Å². The fraction of sp³-hybridized carbons (Fsp3) is 0.143. The van der Waals surface area contributed by atoms with Crippen molar-refractivity contribution in [1.82, 2.24) is 4.90 Å². The van der Waals surface area contributed by atoms with Gasteiger partial charge >= 0.3 is 0 Å². The highest BCUT2D eigenvalue weighted by Gasteiger charge is 2.19. The van der Waals surface area contributed by atoms with E-state index in [0.717, 1.165) is 0 Å². The molecular formula is C7H6N2O. The predicted octanol–water partition coefficient (Wildman–Crippen LogP) is 0.311. The first-order valence-electron chi connectivity index (χ1n) is 3.09. The van der Waals surface area contributed by atoms with E-state index in [9.17, 15) is 4.79 Å². The van der Waals surface area contributed by atoms with Crippen LogP contribution >= 0.6 is 0 Å². The van der Waals surface area contributed by atoms with Crippen molar-refractivity contribution >= 4 is 12.0 Å². The first kappa shape index (κ1) is 5.41. The van der Waals surface area contributed by atoms with Crippen molar-refractivity contribution in [2.75, 3.05) is 6.54 Å². The molecule has 0 radical (unpaired) electrons. The van der Waals surface area contributed by atoms with Gasteiger partial charge in [-0.3, -0.25) is 9.79 Å². The lowest BCUT2D eigenvalue weighted by Crippen LogP contribution is -2.20. The van der Waals surface area contributed by atoms with E-state index < -0.39 is 0 Å². The van der Waals surface area contributed by atoms with Gasteiger partial charge in [0, 0.05) is 18.5 Å². The highest BCUT2D eigenvalue weighted by Crippen LogP contribution is 2.15. The normalized spacial score (nSPS) is 21.4. The van der Waals surface area contributed by atoms with Crippen LogP contribution in [0.25, 0.3) is 0 Å². The lowest BCUT2D eigenvalue weighted by Gasteiger charge is -2.15. The second-order valence-electron chi connectivity index (χ2n) is 2.18. The molecule has 3 nitrogen and oxygen atoms in total. The molecule has 0 spiro atoms. The molecule has 2 rings (SSSR count). The number of aliphatic imine (C=N–C) groups is 1. The van der Waals surface area contributed by atoms with Crippen molar-refractivity contribution in [3.8, 4) is 0 Å². The summed E-state index contributed by atoms with van der Waals surface area (Å²) in [5, 5.41) is 0. The van der Waals surface area contributed by atoms with Gasteiger partial charge in [-0.05, 0) is 0 Å². The first-order valence-corrected chi connectivity index (χ1v) is 3.09. The number of hydrogen-bond donors (Lipinski definition) is 0. The highest BCUT2D eigenvalue weighted by atomic mass is 16.1. The number of ketones is 1. The van der Waals surface area contributed by atoms with E-state index in [1.54, 1.807) is 24.7 Å². The molecule has 3 heteroatoms. The molecule has 2 aliphatic rings. The molecule has 50 valence electrons. The van der Waals surface area contributed by atoms with Crippen LogP contribution in [0, 0.1) is 0 Å². The van der Waals surface area contributed by atoms with Crippen LogP contribution in [0.2, 0.25) is 0 Å². The fourth-order valence-electron chi connectivity index (χ4n) is 1.02. The predicted molar refractivity (Wildman–Crippen MR) is 37.4 cm³/mol. The van der Waals surface area contributed by atoms with E-state index in [-0.39, 0.29) is 5.78 Å². The highest BCUT2D eigenvalue weighted by molar-refractivity contribution is 6.06. The van der Waals surface area contributed by atoms with Crippen molar-refractivity contribution in [2.24, 2.45) is 4.99 Å².